The zero-order valence-corrected chi connectivity index (χ0v) is 16.7. The number of aliphatic hydroxyl groups is 1. The number of unbranched alkanes of at least 4 members (excludes halogenated alkanes) is 5. The van der Waals surface area contributed by atoms with E-state index in [2.05, 4.69) is 6.92 Å². The highest BCUT2D eigenvalue weighted by atomic mass is 32.2. The Morgan fingerprint density at radius 1 is 1.32 bits per heavy atom. The molecule has 0 spiro atoms. The standard InChI is InChI=1S/C18H27FN2O6S/c1-2-3-4-5-6-7-8-26-18(25)27-13-9-15(28-14(13)11-22)21-10-12(19)16(23)20-17(21)24/h10,13-15,22H,2-9,11H2,1H3,(H,20,23,24)/t13-,14+,15+/m0/s1. The number of aromatic amines is 1. The Labute approximate surface area is 166 Å². The van der Waals surface area contributed by atoms with Crippen LogP contribution in [0.1, 0.15) is 57.2 Å². The Morgan fingerprint density at radius 3 is 2.75 bits per heavy atom. The molecule has 10 heteroatoms. The fourth-order valence-corrected chi connectivity index (χ4v) is 4.45. The summed E-state index contributed by atoms with van der Waals surface area (Å²) in [6.07, 6.45) is 5.90. The van der Waals surface area contributed by atoms with Gasteiger partial charge in [-0.15, -0.1) is 11.8 Å². The molecule has 2 heterocycles. The number of aliphatic hydroxyl groups excluding tert-OH is 1. The average molecular weight is 418 g/mol. The van der Waals surface area contributed by atoms with Gasteiger partial charge in [0.2, 0.25) is 5.82 Å². The maximum Gasteiger partial charge on any atom is 0.508 e. The van der Waals surface area contributed by atoms with E-state index in [1.807, 2.05) is 4.98 Å². The second-order valence-corrected chi connectivity index (χ2v) is 8.14. The summed E-state index contributed by atoms with van der Waals surface area (Å²) in [5.41, 5.74) is -1.85. The summed E-state index contributed by atoms with van der Waals surface area (Å²) in [6, 6.07) is 0. The van der Waals surface area contributed by atoms with Crippen LogP contribution in [0.15, 0.2) is 15.8 Å². The smallest absolute Gasteiger partial charge is 0.434 e. The van der Waals surface area contributed by atoms with Crippen molar-refractivity contribution in [2.24, 2.45) is 0 Å². The van der Waals surface area contributed by atoms with Gasteiger partial charge in [0, 0.05) is 6.42 Å². The normalized spacial score (nSPS) is 21.6. The Balaban J connectivity index is 1.83. The van der Waals surface area contributed by atoms with Crippen LogP contribution in [-0.4, -0.2) is 45.4 Å². The fraction of sp³-hybridized carbons (Fsp3) is 0.722. The first-order valence-electron chi connectivity index (χ1n) is 9.57. The molecular weight excluding hydrogens is 391 g/mol. The Kier molecular flexibility index (Phi) is 9.04. The van der Waals surface area contributed by atoms with Gasteiger partial charge in [-0.1, -0.05) is 39.0 Å². The number of hydrogen-bond acceptors (Lipinski definition) is 7. The van der Waals surface area contributed by atoms with E-state index in [-0.39, 0.29) is 19.6 Å². The van der Waals surface area contributed by atoms with Crippen molar-refractivity contribution in [1.29, 1.82) is 0 Å². The average Bonchev–Trinajstić information content (AvgIpc) is 3.06. The van der Waals surface area contributed by atoms with Crippen LogP contribution in [-0.2, 0) is 9.47 Å². The molecule has 1 aromatic rings. The molecule has 1 aliphatic heterocycles. The highest BCUT2D eigenvalue weighted by Gasteiger charge is 2.39. The number of nitrogens with one attached hydrogen (secondary N) is 1. The topological polar surface area (TPSA) is 111 Å². The molecule has 0 radical (unpaired) electrons. The SMILES string of the molecule is CCCCCCCCOC(=O)O[C@H]1C[C@H](n2cc(F)c(=O)[nH]c2=O)S[C@@H]1CO. The predicted octanol–water partition coefficient (Wildman–Crippen LogP) is 2.55. The Hall–Kier alpha value is -1.81. The summed E-state index contributed by atoms with van der Waals surface area (Å²) in [6.45, 7) is 2.13. The molecule has 158 valence electrons. The molecule has 1 saturated heterocycles. The predicted molar refractivity (Wildman–Crippen MR) is 103 cm³/mol. The number of thioether (sulfide) groups is 1. The van der Waals surface area contributed by atoms with Crippen molar-refractivity contribution in [3.63, 3.8) is 0 Å². The van der Waals surface area contributed by atoms with Crippen LogP contribution in [0.25, 0.3) is 0 Å². The summed E-state index contributed by atoms with van der Waals surface area (Å²) in [7, 11) is 0. The maximum atomic E-state index is 13.5. The van der Waals surface area contributed by atoms with Gasteiger partial charge in [0.1, 0.15) is 6.10 Å². The Morgan fingerprint density at radius 2 is 2.04 bits per heavy atom. The van der Waals surface area contributed by atoms with Crippen molar-refractivity contribution in [2.45, 2.75) is 68.6 Å². The lowest BCUT2D eigenvalue weighted by Gasteiger charge is -2.16. The van der Waals surface area contributed by atoms with E-state index in [1.54, 1.807) is 0 Å². The number of ether oxygens (including phenoxy) is 2. The number of hydrogen-bond donors (Lipinski definition) is 2. The van der Waals surface area contributed by atoms with Gasteiger partial charge in [-0.05, 0) is 6.42 Å². The van der Waals surface area contributed by atoms with Crippen LogP contribution in [0.3, 0.4) is 0 Å². The Bertz CT molecular complexity index is 752. The summed E-state index contributed by atoms with van der Waals surface area (Å²) >= 11 is 1.17. The third-order valence-electron chi connectivity index (χ3n) is 4.56. The first kappa shape index (κ1) is 22.5. The van der Waals surface area contributed by atoms with Crippen molar-refractivity contribution < 1.29 is 23.8 Å². The van der Waals surface area contributed by atoms with Crippen LogP contribution in [0.4, 0.5) is 9.18 Å². The number of halogens is 1. The lowest BCUT2D eigenvalue weighted by atomic mass is 10.1. The van der Waals surface area contributed by atoms with Gasteiger partial charge < -0.3 is 14.6 Å². The third-order valence-corrected chi connectivity index (χ3v) is 6.10. The first-order chi connectivity index (χ1) is 13.5. The van der Waals surface area contributed by atoms with Crippen LogP contribution in [0.5, 0.6) is 0 Å². The minimum atomic E-state index is -1.09. The third kappa shape index (κ3) is 6.37. The van der Waals surface area contributed by atoms with Crippen LogP contribution < -0.4 is 11.2 Å². The van der Waals surface area contributed by atoms with Gasteiger partial charge in [-0.25, -0.2) is 9.59 Å². The van der Waals surface area contributed by atoms with Gasteiger partial charge >= 0.3 is 11.8 Å². The van der Waals surface area contributed by atoms with E-state index in [9.17, 15) is 23.9 Å². The molecular formula is C18H27FN2O6S. The van der Waals surface area contributed by atoms with Crippen molar-refractivity contribution in [3.8, 4) is 0 Å². The van der Waals surface area contributed by atoms with E-state index in [1.165, 1.54) is 31.0 Å². The highest BCUT2D eigenvalue weighted by molar-refractivity contribution is 8.00. The first-order valence-corrected chi connectivity index (χ1v) is 10.5. The number of aromatic nitrogens is 2. The van der Waals surface area contributed by atoms with E-state index in [0.29, 0.717) is 0 Å². The van der Waals surface area contributed by atoms with E-state index in [4.69, 9.17) is 9.47 Å². The second kappa shape index (κ2) is 11.3. The summed E-state index contributed by atoms with van der Waals surface area (Å²) in [4.78, 5) is 36.9. The van der Waals surface area contributed by atoms with E-state index >= 15 is 0 Å². The largest absolute Gasteiger partial charge is 0.508 e. The molecule has 0 unspecified atom stereocenters. The molecule has 2 N–H and O–H groups in total. The van der Waals surface area contributed by atoms with Crippen LogP contribution in [0.2, 0.25) is 0 Å². The number of rotatable bonds is 10. The van der Waals surface area contributed by atoms with E-state index in [0.717, 1.165) is 30.0 Å². The molecule has 2 rings (SSSR count). The second-order valence-electron chi connectivity index (χ2n) is 6.71. The quantitative estimate of drug-likeness (QED) is 0.444. The lowest BCUT2D eigenvalue weighted by molar-refractivity contribution is 0.0163. The van der Waals surface area contributed by atoms with Crippen molar-refractivity contribution >= 4 is 17.9 Å². The molecule has 3 atom stereocenters. The lowest BCUT2D eigenvalue weighted by Crippen LogP contribution is -2.33. The van der Waals surface area contributed by atoms with Gasteiger partial charge in [0.05, 0.1) is 30.0 Å². The molecule has 0 aromatic carbocycles. The summed E-state index contributed by atoms with van der Waals surface area (Å²) in [5.74, 6) is -1.08. The van der Waals surface area contributed by atoms with Gasteiger partial charge in [-0.2, -0.15) is 4.39 Å². The van der Waals surface area contributed by atoms with Crippen LogP contribution >= 0.6 is 11.8 Å². The van der Waals surface area contributed by atoms with Crippen molar-refractivity contribution in [3.05, 3.63) is 32.9 Å². The van der Waals surface area contributed by atoms with Crippen molar-refractivity contribution in [1.82, 2.24) is 9.55 Å². The number of carbonyl (C=O) groups excluding carboxylic acids is 1. The zero-order chi connectivity index (χ0) is 20.5. The number of nitrogens with zero attached hydrogens (tertiary/aromatic N) is 1. The molecule has 1 aromatic heterocycles. The number of H-pyrrole nitrogens is 1. The molecule has 1 aliphatic rings. The minimum Gasteiger partial charge on any atom is -0.434 e. The maximum absolute atomic E-state index is 13.5. The summed E-state index contributed by atoms with van der Waals surface area (Å²) in [5, 5.41) is 8.47. The van der Waals surface area contributed by atoms with Gasteiger partial charge in [-0.3, -0.25) is 14.3 Å². The molecule has 28 heavy (non-hydrogen) atoms. The van der Waals surface area contributed by atoms with Gasteiger partial charge in [0.15, 0.2) is 0 Å². The minimum absolute atomic E-state index is 0.188. The molecule has 0 bridgehead atoms. The number of carbonyl (C=O) groups is 1. The monoisotopic (exact) mass is 418 g/mol. The van der Waals surface area contributed by atoms with E-state index < -0.39 is 39.9 Å². The molecule has 0 amide bonds. The van der Waals surface area contributed by atoms with Crippen molar-refractivity contribution in [2.75, 3.05) is 13.2 Å². The molecule has 0 saturated carbocycles. The summed E-state index contributed by atoms with van der Waals surface area (Å²) < 4.78 is 24.9. The fourth-order valence-electron chi connectivity index (χ4n) is 3.03. The molecule has 0 aliphatic carbocycles. The highest BCUT2D eigenvalue weighted by Crippen LogP contribution is 2.42. The van der Waals surface area contributed by atoms with Gasteiger partial charge in [0.25, 0.3) is 5.56 Å². The zero-order valence-electron chi connectivity index (χ0n) is 15.9. The molecule has 8 nitrogen and oxygen atoms in total. The van der Waals surface area contributed by atoms with Crippen LogP contribution in [0, 0.1) is 5.82 Å². The molecule has 1 fully saturated rings.